The van der Waals surface area contributed by atoms with Gasteiger partial charge >= 0.3 is 142 Å². The van der Waals surface area contributed by atoms with E-state index in [9.17, 15) is 0 Å². The minimum absolute atomic E-state index is 1.30. The molecular weight excluding hydrogens is 369 g/mol. The fourth-order valence-corrected chi connectivity index (χ4v) is 23.7. The Balaban J connectivity index is 4.44. The molecule has 0 aliphatic carbocycles. The third kappa shape index (κ3) is 11.2. The molecule has 19 heavy (non-hydrogen) atoms. The second-order valence-corrected chi connectivity index (χ2v) is 20.1. The molecule has 0 heterocycles. The van der Waals surface area contributed by atoms with Gasteiger partial charge in [0, 0.05) is 0 Å². The van der Waals surface area contributed by atoms with Gasteiger partial charge in [-0.25, -0.2) is 0 Å². The van der Waals surface area contributed by atoms with E-state index < -0.39 is 13.3 Å². The predicted molar refractivity (Wildman–Crippen MR) is 108 cm³/mol. The number of hydrogen-bond acceptors (Lipinski definition) is 4. The Kier molecular flexibility index (Phi) is 16.4. The number of thioether (sulfide) groups is 4. The SMILES string of the molecule is CCSC[CH2][Ge]([CH2]CSC)([CH2]CSC)[CH2]CSCC. The molecule has 0 saturated heterocycles. The fraction of sp³-hybridized carbons (Fsp3) is 1.00. The Labute approximate surface area is 141 Å². The van der Waals surface area contributed by atoms with Crippen molar-refractivity contribution in [2.24, 2.45) is 0 Å². The Morgan fingerprint density at radius 1 is 0.632 bits per heavy atom. The van der Waals surface area contributed by atoms with Crippen molar-refractivity contribution >= 4 is 60.3 Å². The Bertz CT molecular complexity index is 170. The summed E-state index contributed by atoms with van der Waals surface area (Å²) in [5, 5.41) is 6.44. The summed E-state index contributed by atoms with van der Waals surface area (Å²) in [5.41, 5.74) is 0. The first-order chi connectivity index (χ1) is 9.24. The standard InChI is InChI=1S/C14H32GeS4/c1-5-18-13-9-15(7-11-16-3,8-12-17-4)10-14-19-6-2/h5-14H2,1-4H3. The van der Waals surface area contributed by atoms with Gasteiger partial charge in [-0.15, -0.1) is 0 Å². The average molecular weight is 401 g/mol. The van der Waals surface area contributed by atoms with E-state index in [1.165, 1.54) is 34.5 Å². The summed E-state index contributed by atoms with van der Waals surface area (Å²) in [6.07, 6.45) is 4.56. The van der Waals surface area contributed by atoms with Gasteiger partial charge in [0.15, 0.2) is 0 Å². The van der Waals surface area contributed by atoms with E-state index in [4.69, 9.17) is 0 Å². The summed E-state index contributed by atoms with van der Waals surface area (Å²) in [6, 6.07) is 0. The summed E-state index contributed by atoms with van der Waals surface area (Å²) >= 11 is 6.91. The molecule has 0 saturated carbocycles. The molecule has 116 valence electrons. The van der Waals surface area contributed by atoms with E-state index in [1.807, 2.05) is 0 Å². The topological polar surface area (TPSA) is 0 Å². The maximum atomic E-state index is 2.30. The molecule has 0 amide bonds. The molecule has 5 heteroatoms. The van der Waals surface area contributed by atoms with Crippen molar-refractivity contribution in [2.45, 2.75) is 34.9 Å². The van der Waals surface area contributed by atoms with Gasteiger partial charge in [-0.1, -0.05) is 0 Å². The van der Waals surface area contributed by atoms with E-state index in [2.05, 4.69) is 73.4 Å². The molecule has 0 aromatic heterocycles. The van der Waals surface area contributed by atoms with Crippen LogP contribution >= 0.6 is 47.0 Å². The molecule has 0 radical (unpaired) electrons. The summed E-state index contributed by atoms with van der Waals surface area (Å²) in [7, 11) is 0. The van der Waals surface area contributed by atoms with Gasteiger partial charge in [0.1, 0.15) is 0 Å². The van der Waals surface area contributed by atoms with Gasteiger partial charge in [0.2, 0.25) is 0 Å². The second kappa shape index (κ2) is 14.9. The van der Waals surface area contributed by atoms with Crippen LogP contribution in [0.3, 0.4) is 0 Å². The molecule has 0 fully saturated rings. The van der Waals surface area contributed by atoms with Crippen molar-refractivity contribution in [2.75, 3.05) is 47.0 Å². The Hall–Kier alpha value is 1.94. The van der Waals surface area contributed by atoms with Crippen LogP contribution < -0.4 is 0 Å². The molecule has 0 atom stereocenters. The normalized spacial score (nSPS) is 12.0. The van der Waals surface area contributed by atoms with E-state index in [0.29, 0.717) is 0 Å². The molecule has 0 aliphatic rings. The van der Waals surface area contributed by atoms with Crippen LogP contribution in [0.15, 0.2) is 0 Å². The second-order valence-electron chi connectivity index (χ2n) is 4.88. The molecule has 0 bridgehead atoms. The fourth-order valence-electron chi connectivity index (χ4n) is 2.25. The molecule has 0 rings (SSSR count). The van der Waals surface area contributed by atoms with Crippen molar-refractivity contribution in [1.29, 1.82) is 0 Å². The van der Waals surface area contributed by atoms with Crippen molar-refractivity contribution in [3.8, 4) is 0 Å². The van der Waals surface area contributed by atoms with Crippen molar-refractivity contribution < 1.29 is 0 Å². The number of hydrogen-bond donors (Lipinski definition) is 0. The van der Waals surface area contributed by atoms with Crippen LogP contribution in [-0.4, -0.2) is 60.3 Å². The molecule has 0 nitrogen and oxygen atoms in total. The van der Waals surface area contributed by atoms with Crippen molar-refractivity contribution in [1.82, 2.24) is 0 Å². The van der Waals surface area contributed by atoms with Crippen LogP contribution in [0.2, 0.25) is 21.0 Å². The molecular formula is C14H32GeS4. The first-order valence-corrected chi connectivity index (χ1v) is 18.4. The quantitative estimate of drug-likeness (QED) is 0.272. The minimum atomic E-state index is -1.56. The molecule has 0 aromatic carbocycles. The summed E-state index contributed by atoms with van der Waals surface area (Å²) in [6.45, 7) is 4.60. The maximum absolute atomic E-state index is 2.30. The van der Waals surface area contributed by atoms with Gasteiger partial charge in [0.05, 0.1) is 0 Å². The van der Waals surface area contributed by atoms with Gasteiger partial charge in [-0.3, -0.25) is 0 Å². The number of rotatable bonds is 14. The van der Waals surface area contributed by atoms with Gasteiger partial charge in [-0.05, 0) is 0 Å². The Morgan fingerprint density at radius 2 is 1.00 bits per heavy atom. The summed E-state index contributed by atoms with van der Waals surface area (Å²) < 4.78 is 0. The van der Waals surface area contributed by atoms with Crippen LogP contribution in [0.4, 0.5) is 0 Å². The van der Waals surface area contributed by atoms with Crippen molar-refractivity contribution in [3.63, 3.8) is 0 Å². The first kappa shape index (κ1) is 20.9. The molecule has 0 unspecified atom stereocenters. The zero-order valence-corrected chi connectivity index (χ0v) is 18.6. The van der Waals surface area contributed by atoms with E-state index in [1.54, 1.807) is 21.0 Å². The molecule has 0 aromatic rings. The molecule has 0 spiro atoms. The Morgan fingerprint density at radius 3 is 1.32 bits per heavy atom. The zero-order valence-electron chi connectivity index (χ0n) is 13.2. The molecule has 0 aliphatic heterocycles. The first-order valence-electron chi connectivity index (χ1n) is 7.38. The van der Waals surface area contributed by atoms with Crippen LogP contribution in [0.1, 0.15) is 13.8 Å². The van der Waals surface area contributed by atoms with Gasteiger partial charge in [-0.2, -0.15) is 0 Å². The summed E-state index contributed by atoms with van der Waals surface area (Å²) in [5.74, 6) is 8.32. The zero-order chi connectivity index (χ0) is 14.4. The van der Waals surface area contributed by atoms with Crippen LogP contribution in [-0.2, 0) is 0 Å². The van der Waals surface area contributed by atoms with E-state index >= 15 is 0 Å². The summed E-state index contributed by atoms with van der Waals surface area (Å²) in [4.78, 5) is 0. The van der Waals surface area contributed by atoms with E-state index in [-0.39, 0.29) is 0 Å². The van der Waals surface area contributed by atoms with Crippen LogP contribution in [0.25, 0.3) is 0 Å². The van der Waals surface area contributed by atoms with Crippen molar-refractivity contribution in [3.05, 3.63) is 0 Å². The third-order valence-electron chi connectivity index (χ3n) is 3.63. The monoisotopic (exact) mass is 402 g/mol. The average Bonchev–Trinajstić information content (AvgIpc) is 2.43. The molecule has 0 N–H and O–H groups in total. The van der Waals surface area contributed by atoms with Gasteiger partial charge < -0.3 is 0 Å². The van der Waals surface area contributed by atoms with Crippen LogP contribution in [0.5, 0.6) is 0 Å². The van der Waals surface area contributed by atoms with Gasteiger partial charge in [0.25, 0.3) is 0 Å². The third-order valence-corrected chi connectivity index (χ3v) is 20.7. The van der Waals surface area contributed by atoms with Crippen LogP contribution in [0, 0.1) is 0 Å². The predicted octanol–water partition coefficient (Wildman–Crippen LogP) is 5.67. The van der Waals surface area contributed by atoms with E-state index in [0.717, 1.165) is 0 Å².